The van der Waals surface area contributed by atoms with Crippen LogP contribution in [0.25, 0.3) is 0 Å². The van der Waals surface area contributed by atoms with Crippen LogP contribution in [0.1, 0.15) is 62.3 Å². The van der Waals surface area contributed by atoms with Crippen LogP contribution in [0.4, 0.5) is 0 Å². The van der Waals surface area contributed by atoms with Crippen molar-refractivity contribution in [2.24, 2.45) is 0 Å². The van der Waals surface area contributed by atoms with E-state index in [0.717, 1.165) is 6.54 Å². The number of hydrogen-bond acceptors (Lipinski definition) is 2. The van der Waals surface area contributed by atoms with Gasteiger partial charge in [-0.15, -0.1) is 0 Å². The van der Waals surface area contributed by atoms with Gasteiger partial charge >= 0.3 is 0 Å². The molecule has 0 aliphatic heterocycles. The summed E-state index contributed by atoms with van der Waals surface area (Å²) in [5.41, 5.74) is 5.63. The smallest absolute Gasteiger partial charge is 0.00712 e. The van der Waals surface area contributed by atoms with E-state index in [-0.39, 0.29) is 0 Å². The molecule has 0 aromatic rings. The zero-order chi connectivity index (χ0) is 12.1. The second kappa shape index (κ2) is 167. The summed E-state index contributed by atoms with van der Waals surface area (Å²) in [7, 11) is 1.85. The molecule has 0 spiro atoms. The number of nitrogens with one attached hydrogen (secondary N) is 2. The molecule has 0 bridgehead atoms. The highest BCUT2D eigenvalue weighted by atomic mass is 15.3. The molecule has 0 saturated heterocycles. The molecule has 0 heterocycles. The average Bonchev–Trinajstić information content (AvgIpc) is 2.30. The molecule has 0 amide bonds. The topological polar surface area (TPSA) is 24.1 Å². The normalized spacial score (nSPS) is 5.08. The largest absolute Gasteiger partial charge is 0.261 e. The van der Waals surface area contributed by atoms with E-state index in [0.29, 0.717) is 0 Å². The van der Waals surface area contributed by atoms with E-state index in [4.69, 9.17) is 0 Å². The van der Waals surface area contributed by atoms with Gasteiger partial charge in [0.25, 0.3) is 0 Å². The van der Waals surface area contributed by atoms with Crippen LogP contribution in [0.2, 0.25) is 0 Å². The Morgan fingerprint density at radius 1 is 0.692 bits per heavy atom. The van der Waals surface area contributed by atoms with Gasteiger partial charge in [-0.3, -0.25) is 10.9 Å². The van der Waals surface area contributed by atoms with Crippen LogP contribution >= 0.6 is 0 Å². The maximum atomic E-state index is 2.86. The highest BCUT2D eigenvalue weighted by Gasteiger charge is 1.59. The van der Waals surface area contributed by atoms with Gasteiger partial charge in [0, 0.05) is 6.54 Å². The van der Waals surface area contributed by atoms with Gasteiger partial charge in [0.15, 0.2) is 0 Å². The molecule has 0 aromatic carbocycles. The molecule has 0 aliphatic rings. The highest BCUT2D eigenvalue weighted by molar-refractivity contribution is 4.17. The van der Waals surface area contributed by atoms with Gasteiger partial charge in [-0.1, -0.05) is 62.3 Å². The molecule has 0 radical (unpaired) electrons. The maximum Gasteiger partial charge on any atom is 0.00712 e. The van der Waals surface area contributed by atoms with Crippen molar-refractivity contribution in [3.63, 3.8) is 0 Å². The SMILES string of the molecule is CC.CC.CC.CC.CCNNC. The van der Waals surface area contributed by atoms with E-state index in [2.05, 4.69) is 10.9 Å². The first-order chi connectivity index (χ1) is 6.41. The number of hydrogen-bond donors (Lipinski definition) is 2. The first kappa shape index (κ1) is 29.3. The van der Waals surface area contributed by atoms with Gasteiger partial charge in [0.1, 0.15) is 0 Å². The second-order valence-corrected chi connectivity index (χ2v) is 0.780. The lowest BCUT2D eigenvalue weighted by atomic mass is 10.8. The van der Waals surface area contributed by atoms with Crippen molar-refractivity contribution in [3.8, 4) is 0 Å². The summed E-state index contributed by atoms with van der Waals surface area (Å²) in [5.74, 6) is 0. The fraction of sp³-hybridized carbons (Fsp3) is 1.00. The van der Waals surface area contributed by atoms with Crippen LogP contribution in [0.3, 0.4) is 0 Å². The van der Waals surface area contributed by atoms with Crippen LogP contribution in [0.15, 0.2) is 0 Å². The molecule has 13 heavy (non-hydrogen) atoms. The molecule has 0 unspecified atom stereocenters. The summed E-state index contributed by atoms with van der Waals surface area (Å²) in [6, 6.07) is 0. The zero-order valence-corrected chi connectivity index (χ0v) is 11.7. The molecule has 0 saturated carbocycles. The molecule has 88 valence electrons. The summed E-state index contributed by atoms with van der Waals surface area (Å²) in [5, 5.41) is 0. The monoisotopic (exact) mass is 194 g/mol. The van der Waals surface area contributed by atoms with E-state index in [1.54, 1.807) is 0 Å². The third-order valence-electron chi connectivity index (χ3n) is 0.354. The summed E-state index contributed by atoms with van der Waals surface area (Å²) in [4.78, 5) is 0. The van der Waals surface area contributed by atoms with E-state index >= 15 is 0 Å². The Kier molecular flexibility index (Phi) is 375. The lowest BCUT2D eigenvalue weighted by molar-refractivity contribution is 0.623. The summed E-state index contributed by atoms with van der Waals surface area (Å²) >= 11 is 0. The Balaban J connectivity index is -0.0000000230. The standard InChI is InChI=1S/C3H10N2.4C2H6/c1-3-5-4-2;4*1-2/h4-5H,3H2,1-2H3;4*1-2H3. The quantitative estimate of drug-likeness (QED) is 0.653. The van der Waals surface area contributed by atoms with Crippen LogP contribution in [0, 0.1) is 0 Å². The highest BCUT2D eigenvalue weighted by Crippen LogP contribution is 1.36. The van der Waals surface area contributed by atoms with Crippen molar-refractivity contribution in [1.29, 1.82) is 0 Å². The maximum absolute atomic E-state index is 2.86. The molecule has 0 rings (SSSR count). The van der Waals surface area contributed by atoms with Crippen molar-refractivity contribution in [2.45, 2.75) is 62.3 Å². The van der Waals surface area contributed by atoms with Crippen molar-refractivity contribution >= 4 is 0 Å². The van der Waals surface area contributed by atoms with Gasteiger partial charge in [-0.2, -0.15) is 0 Å². The minimum atomic E-state index is 0.983. The predicted molar refractivity (Wildman–Crippen MR) is 68.1 cm³/mol. The Labute approximate surface area is 87.5 Å². The van der Waals surface area contributed by atoms with Crippen LogP contribution in [-0.2, 0) is 0 Å². The van der Waals surface area contributed by atoms with Gasteiger partial charge in [0.05, 0.1) is 0 Å². The van der Waals surface area contributed by atoms with E-state index in [1.165, 1.54) is 0 Å². The predicted octanol–water partition coefficient (Wildman–Crippen LogP) is 3.84. The fourth-order valence-electron chi connectivity index (χ4n) is 0.177. The third-order valence-corrected chi connectivity index (χ3v) is 0.354. The average molecular weight is 194 g/mol. The molecule has 2 nitrogen and oxygen atoms in total. The van der Waals surface area contributed by atoms with Crippen LogP contribution < -0.4 is 10.9 Å². The van der Waals surface area contributed by atoms with E-state index < -0.39 is 0 Å². The number of rotatable bonds is 2. The first-order valence-electron chi connectivity index (χ1n) is 5.81. The lowest BCUT2D eigenvalue weighted by Crippen LogP contribution is -2.26. The van der Waals surface area contributed by atoms with Gasteiger partial charge < -0.3 is 0 Å². The van der Waals surface area contributed by atoms with Gasteiger partial charge in [-0.05, 0) is 7.05 Å². The number of hydrazine groups is 1. The minimum Gasteiger partial charge on any atom is -0.261 e. The molecule has 2 N–H and O–H groups in total. The van der Waals surface area contributed by atoms with Crippen LogP contribution in [0.5, 0.6) is 0 Å². The molecule has 0 atom stereocenters. The lowest BCUT2D eigenvalue weighted by Gasteiger charge is -1.90. The van der Waals surface area contributed by atoms with E-state index in [1.807, 2.05) is 69.4 Å². The minimum absolute atomic E-state index is 0.983. The van der Waals surface area contributed by atoms with Crippen molar-refractivity contribution < 1.29 is 0 Å². The second-order valence-electron chi connectivity index (χ2n) is 0.780. The summed E-state index contributed by atoms with van der Waals surface area (Å²) in [6.07, 6.45) is 0. The molecule has 0 aromatic heterocycles. The van der Waals surface area contributed by atoms with Crippen LogP contribution in [-0.4, -0.2) is 13.6 Å². The van der Waals surface area contributed by atoms with Crippen molar-refractivity contribution in [2.75, 3.05) is 13.6 Å². The Morgan fingerprint density at radius 3 is 0.923 bits per heavy atom. The molecule has 2 heteroatoms. The Bertz CT molecular complexity index is 15.6. The van der Waals surface area contributed by atoms with Crippen molar-refractivity contribution in [3.05, 3.63) is 0 Å². The zero-order valence-electron chi connectivity index (χ0n) is 11.7. The van der Waals surface area contributed by atoms with Gasteiger partial charge in [-0.25, -0.2) is 0 Å². The Hall–Kier alpha value is -0.0800. The Morgan fingerprint density at radius 2 is 0.923 bits per heavy atom. The summed E-state index contributed by atoms with van der Waals surface area (Å²) in [6.45, 7) is 19.0. The third kappa shape index (κ3) is 318. The van der Waals surface area contributed by atoms with Crippen molar-refractivity contribution in [1.82, 2.24) is 10.9 Å². The van der Waals surface area contributed by atoms with E-state index in [9.17, 15) is 0 Å². The molecular weight excluding hydrogens is 160 g/mol. The fourth-order valence-corrected chi connectivity index (χ4v) is 0.177. The summed E-state index contributed by atoms with van der Waals surface area (Å²) < 4.78 is 0. The van der Waals surface area contributed by atoms with Gasteiger partial charge in [0.2, 0.25) is 0 Å². The first-order valence-corrected chi connectivity index (χ1v) is 5.81. The molecule has 0 fully saturated rings. The molecule has 0 aliphatic carbocycles. The molecular formula is C11H34N2.